The molecule has 0 saturated carbocycles. The fourth-order valence-electron chi connectivity index (χ4n) is 3.25. The summed E-state index contributed by atoms with van der Waals surface area (Å²) in [5.41, 5.74) is 0.0663. The van der Waals surface area contributed by atoms with Crippen LogP contribution >= 0.6 is 0 Å². The number of amides is 1. The molecule has 0 unspecified atom stereocenters. The number of carbonyl (C=O) groups is 5. The minimum atomic E-state index is -1.26. The maximum absolute atomic E-state index is 12.8. The Kier molecular flexibility index (Phi) is 9.47. The van der Waals surface area contributed by atoms with Crippen molar-refractivity contribution in [2.75, 3.05) is 13.2 Å². The fourth-order valence-corrected chi connectivity index (χ4v) is 3.25. The van der Waals surface area contributed by atoms with E-state index >= 15 is 0 Å². The summed E-state index contributed by atoms with van der Waals surface area (Å²) < 4.78 is 44.4. The summed E-state index contributed by atoms with van der Waals surface area (Å²) in [6.07, 6.45) is 2.06. The van der Waals surface area contributed by atoms with Gasteiger partial charge in [0.25, 0.3) is 0 Å². The van der Waals surface area contributed by atoms with Crippen molar-refractivity contribution in [1.29, 1.82) is 0 Å². The van der Waals surface area contributed by atoms with Gasteiger partial charge in [-0.15, -0.1) is 0 Å². The van der Waals surface area contributed by atoms with Gasteiger partial charge in [0.2, 0.25) is 5.91 Å². The zero-order valence-corrected chi connectivity index (χ0v) is 19.4. The lowest BCUT2D eigenvalue weighted by atomic mass is 10.0. The van der Waals surface area contributed by atoms with Crippen LogP contribution in [-0.4, -0.2) is 81.3 Å². The third-order valence-electron chi connectivity index (χ3n) is 4.82. The molecule has 4 N–H and O–H groups in total. The lowest BCUT2D eigenvalue weighted by Gasteiger charge is -2.27. The van der Waals surface area contributed by atoms with Gasteiger partial charge in [0.15, 0.2) is 0 Å². The Morgan fingerprint density at radius 1 is 1.14 bits per heavy atom. The van der Waals surface area contributed by atoms with E-state index in [4.69, 9.17) is 21.8 Å². The molecule has 0 radical (unpaired) electrons. The largest absolute Gasteiger partial charge is 0.480 e. The zero-order valence-electron chi connectivity index (χ0n) is 24.4. The van der Waals surface area contributed by atoms with Crippen molar-refractivity contribution in [3.63, 3.8) is 0 Å². The predicted molar refractivity (Wildman–Crippen MR) is 125 cm³/mol. The van der Waals surface area contributed by atoms with Crippen LogP contribution in [0.2, 0.25) is 0 Å². The number of ether oxygens (including phenoxy) is 1. The molecule has 2 rings (SSSR count). The first-order chi connectivity index (χ1) is 18.6. The molecular formula is C24H32N2O9. The highest BCUT2D eigenvalue weighted by molar-refractivity contribution is 5.89. The number of benzene rings is 1. The Morgan fingerprint density at radius 2 is 1.74 bits per heavy atom. The molecule has 1 aliphatic rings. The molecular weight excluding hydrogens is 460 g/mol. The molecule has 1 heterocycles. The second-order valence-electron chi connectivity index (χ2n) is 7.37. The molecule has 1 saturated heterocycles. The van der Waals surface area contributed by atoms with Gasteiger partial charge in [0.05, 0.1) is 19.5 Å². The van der Waals surface area contributed by atoms with Gasteiger partial charge in [-0.05, 0) is 45.1 Å². The Labute approximate surface area is 210 Å². The summed E-state index contributed by atoms with van der Waals surface area (Å²) >= 11 is 0. The number of esters is 1. The summed E-state index contributed by atoms with van der Waals surface area (Å²) in [6.45, 7) is 3.56. The number of hydrogen-bond acceptors (Lipinski definition) is 7. The van der Waals surface area contributed by atoms with Crippen LogP contribution in [0.1, 0.15) is 45.5 Å². The molecule has 0 bridgehead atoms. The lowest BCUT2D eigenvalue weighted by molar-refractivity contribution is -0.150. The number of nitrogens with zero attached hydrogens (tertiary/aromatic N) is 1. The Balaban J connectivity index is 0.000000869. The van der Waals surface area contributed by atoms with Crippen molar-refractivity contribution in [2.24, 2.45) is 0 Å². The average Bonchev–Trinajstić information content (AvgIpc) is 3.39. The van der Waals surface area contributed by atoms with E-state index < -0.39 is 66.0 Å². The monoisotopic (exact) mass is 497 g/mol. The highest BCUT2D eigenvalue weighted by atomic mass is 16.5. The molecule has 1 aliphatic heterocycles. The highest BCUT2D eigenvalue weighted by Gasteiger charge is 2.36. The number of likely N-dealkylation sites (tertiary alicyclic amines) is 1. The third kappa shape index (κ3) is 10.8. The fraction of sp³-hybridized carbons (Fsp3) is 0.458. The lowest BCUT2D eigenvalue weighted by Crippen LogP contribution is -2.53. The van der Waals surface area contributed by atoms with Crippen LogP contribution < -0.4 is 5.32 Å². The molecule has 1 amide bonds. The minimum absolute atomic E-state index is 0.0193. The maximum atomic E-state index is 12.8. The molecule has 192 valence electrons. The van der Waals surface area contributed by atoms with E-state index in [2.05, 4.69) is 5.32 Å². The van der Waals surface area contributed by atoms with Crippen LogP contribution in [0.25, 0.3) is 0 Å². The van der Waals surface area contributed by atoms with Crippen LogP contribution in [0.4, 0.5) is 0 Å². The van der Waals surface area contributed by atoms with E-state index in [1.807, 2.05) is 0 Å². The zero-order chi connectivity index (χ0) is 30.7. The summed E-state index contributed by atoms with van der Waals surface area (Å²) in [5, 5.41) is 27.8. The van der Waals surface area contributed by atoms with Crippen molar-refractivity contribution in [3.8, 4) is 0 Å². The van der Waals surface area contributed by atoms with Gasteiger partial charge in [0.1, 0.15) is 12.1 Å². The van der Waals surface area contributed by atoms with E-state index in [1.165, 1.54) is 11.8 Å². The average molecular weight is 498 g/mol. The smallest absolute Gasteiger partial charge is 0.328 e. The second kappa shape index (κ2) is 15.2. The van der Waals surface area contributed by atoms with E-state index in [0.717, 1.165) is 0 Å². The summed E-state index contributed by atoms with van der Waals surface area (Å²) in [7, 11) is 0. The predicted octanol–water partition coefficient (Wildman–Crippen LogP) is 1.32. The first kappa shape index (κ1) is 21.8. The van der Waals surface area contributed by atoms with Crippen LogP contribution in [0.3, 0.4) is 0 Å². The standard InChI is InChI=1S/C20H28N2O5.C4H4O4/c1-3-27-20(26)16(12-11-15-8-5-4-6-9-15)21-14(2)18(23)22-13-7-10-17(22)19(24)25;5-3(6)1-2-4(7)8/h4-6,8-9,14,16-17,21H,3,7,10-13H2,1-2H3,(H,24,25);1-2H,(H,5,6)(H,7,8)/b;2-1+/t14-,16-,17-;/m0./s1/i4D,5D,6D,8D,9D;. The maximum Gasteiger partial charge on any atom is 0.328 e. The topological polar surface area (TPSA) is 171 Å². The van der Waals surface area contributed by atoms with Crippen LogP contribution in [0.5, 0.6) is 0 Å². The number of hydrogen-bond donors (Lipinski definition) is 4. The SMILES string of the molecule is O=C(O)/C=C/C(=O)O.[2H]c1c([2H])c([2H])c(CC[C@H](N[C@@H](C)C(=O)N2CCC[C@H]2C(=O)O)C(=O)OCC)c([2H])c1[2H]. The van der Waals surface area contributed by atoms with Crippen molar-refractivity contribution in [2.45, 2.75) is 57.7 Å². The van der Waals surface area contributed by atoms with E-state index in [1.54, 1.807) is 6.92 Å². The molecule has 11 heteroatoms. The highest BCUT2D eigenvalue weighted by Crippen LogP contribution is 2.19. The van der Waals surface area contributed by atoms with E-state index in [0.29, 0.717) is 31.5 Å². The summed E-state index contributed by atoms with van der Waals surface area (Å²) in [6, 6.07) is -4.88. The van der Waals surface area contributed by atoms with Gasteiger partial charge in [-0.2, -0.15) is 0 Å². The number of rotatable bonds is 11. The van der Waals surface area contributed by atoms with Crippen molar-refractivity contribution >= 4 is 29.8 Å². The molecule has 11 nitrogen and oxygen atoms in total. The number of aliphatic carboxylic acids is 3. The molecule has 0 aromatic heterocycles. The van der Waals surface area contributed by atoms with Crippen molar-refractivity contribution in [1.82, 2.24) is 10.2 Å². The van der Waals surface area contributed by atoms with Crippen molar-refractivity contribution < 1.29 is 50.9 Å². The molecule has 1 fully saturated rings. The first-order valence-electron chi connectivity index (χ1n) is 13.3. The molecule has 1 aromatic rings. The second-order valence-corrected chi connectivity index (χ2v) is 7.37. The third-order valence-corrected chi connectivity index (χ3v) is 4.82. The number of carboxylic acids is 3. The Bertz CT molecular complexity index is 1120. The first-order valence-corrected chi connectivity index (χ1v) is 10.8. The van der Waals surface area contributed by atoms with Crippen LogP contribution in [-0.2, 0) is 35.1 Å². The number of nitrogens with one attached hydrogen (secondary N) is 1. The van der Waals surface area contributed by atoms with E-state index in [9.17, 15) is 29.1 Å². The molecule has 0 spiro atoms. The van der Waals surface area contributed by atoms with Gasteiger partial charge >= 0.3 is 23.9 Å². The molecule has 3 atom stereocenters. The van der Waals surface area contributed by atoms with E-state index in [-0.39, 0.29) is 37.1 Å². The Morgan fingerprint density at radius 3 is 2.26 bits per heavy atom. The van der Waals surface area contributed by atoms with Crippen LogP contribution in [0.15, 0.2) is 42.4 Å². The quantitative estimate of drug-likeness (QED) is 0.258. The normalized spacial score (nSPS) is 18.6. The molecule has 0 aliphatic carbocycles. The summed E-state index contributed by atoms with van der Waals surface area (Å²) in [5.74, 6) is -4.69. The van der Waals surface area contributed by atoms with Gasteiger partial charge < -0.3 is 25.0 Å². The van der Waals surface area contributed by atoms with Gasteiger partial charge in [-0.3, -0.25) is 14.9 Å². The van der Waals surface area contributed by atoms with Gasteiger partial charge in [0, 0.05) is 18.7 Å². The molecule has 35 heavy (non-hydrogen) atoms. The van der Waals surface area contributed by atoms with Crippen molar-refractivity contribution in [3.05, 3.63) is 47.9 Å². The number of carboxylic acid groups (broad SMARTS) is 3. The van der Waals surface area contributed by atoms with Gasteiger partial charge in [-0.1, -0.05) is 30.2 Å². The van der Waals surface area contributed by atoms with Crippen LogP contribution in [0, 0.1) is 0 Å². The number of carbonyl (C=O) groups excluding carboxylic acids is 2. The summed E-state index contributed by atoms with van der Waals surface area (Å²) in [4.78, 5) is 57.0. The van der Waals surface area contributed by atoms with Gasteiger partial charge in [-0.25, -0.2) is 14.4 Å². The Hall–Kier alpha value is -3.73. The minimum Gasteiger partial charge on any atom is -0.480 e. The molecule has 1 aromatic carbocycles.